The highest BCUT2D eigenvalue weighted by atomic mass is 19.1. The van der Waals surface area contributed by atoms with E-state index in [0.717, 1.165) is 0 Å². The minimum atomic E-state index is -0.517. The molecule has 0 aliphatic carbocycles. The van der Waals surface area contributed by atoms with Crippen molar-refractivity contribution in [3.8, 4) is 22.5 Å². The summed E-state index contributed by atoms with van der Waals surface area (Å²) in [6.07, 6.45) is 3.26. The van der Waals surface area contributed by atoms with Crippen molar-refractivity contribution in [1.82, 2.24) is 15.0 Å². The van der Waals surface area contributed by atoms with Crippen LogP contribution in [0.25, 0.3) is 33.4 Å². The molecule has 26 heavy (non-hydrogen) atoms. The van der Waals surface area contributed by atoms with Gasteiger partial charge in [-0.05, 0) is 35.9 Å². The lowest BCUT2D eigenvalue weighted by Gasteiger charge is -2.11. The van der Waals surface area contributed by atoms with Gasteiger partial charge in [-0.3, -0.25) is 4.98 Å². The molecule has 0 aliphatic rings. The van der Waals surface area contributed by atoms with Crippen LogP contribution in [0.4, 0.5) is 14.6 Å². The Hall–Kier alpha value is -3.41. The average molecular weight is 348 g/mol. The van der Waals surface area contributed by atoms with Crippen molar-refractivity contribution in [3.05, 3.63) is 72.6 Å². The molecule has 4 nitrogen and oxygen atoms in total. The van der Waals surface area contributed by atoms with Crippen LogP contribution in [0.5, 0.6) is 0 Å². The molecule has 2 aromatic carbocycles. The topological polar surface area (TPSA) is 50.7 Å². The number of fused-ring (bicyclic) bond motifs is 1. The molecule has 0 bridgehead atoms. The molecule has 4 aromatic rings. The molecule has 0 fully saturated rings. The highest BCUT2D eigenvalue weighted by Gasteiger charge is 2.16. The van der Waals surface area contributed by atoms with Crippen molar-refractivity contribution in [2.24, 2.45) is 0 Å². The molecule has 0 spiro atoms. The van der Waals surface area contributed by atoms with Crippen molar-refractivity contribution in [3.63, 3.8) is 0 Å². The molecule has 0 aliphatic heterocycles. The van der Waals surface area contributed by atoms with Crippen LogP contribution < -0.4 is 5.32 Å². The van der Waals surface area contributed by atoms with E-state index >= 15 is 4.39 Å². The van der Waals surface area contributed by atoms with Gasteiger partial charge in [0, 0.05) is 36.0 Å². The van der Waals surface area contributed by atoms with Gasteiger partial charge in [-0.1, -0.05) is 18.2 Å². The third-order valence-electron chi connectivity index (χ3n) is 4.10. The molecule has 0 unspecified atom stereocenters. The van der Waals surface area contributed by atoms with Crippen molar-refractivity contribution < 1.29 is 8.78 Å². The monoisotopic (exact) mass is 348 g/mol. The first-order chi connectivity index (χ1) is 12.7. The van der Waals surface area contributed by atoms with E-state index in [1.54, 1.807) is 49.8 Å². The minimum Gasteiger partial charge on any atom is -0.373 e. The van der Waals surface area contributed by atoms with Crippen LogP contribution in [0, 0.1) is 11.6 Å². The van der Waals surface area contributed by atoms with Gasteiger partial charge in [0.25, 0.3) is 0 Å². The van der Waals surface area contributed by atoms with E-state index in [0.29, 0.717) is 28.2 Å². The fourth-order valence-electron chi connectivity index (χ4n) is 2.86. The predicted molar refractivity (Wildman–Crippen MR) is 97.7 cm³/mol. The van der Waals surface area contributed by atoms with Crippen molar-refractivity contribution in [2.45, 2.75) is 0 Å². The van der Waals surface area contributed by atoms with Crippen molar-refractivity contribution in [2.75, 3.05) is 12.4 Å². The Labute approximate surface area is 148 Å². The van der Waals surface area contributed by atoms with Crippen LogP contribution >= 0.6 is 0 Å². The third kappa shape index (κ3) is 2.75. The van der Waals surface area contributed by atoms with Crippen molar-refractivity contribution >= 4 is 16.7 Å². The van der Waals surface area contributed by atoms with Gasteiger partial charge in [-0.25, -0.2) is 18.7 Å². The maximum absolute atomic E-state index is 15.2. The second-order valence-electron chi connectivity index (χ2n) is 5.72. The Morgan fingerprint density at radius 2 is 1.77 bits per heavy atom. The van der Waals surface area contributed by atoms with Gasteiger partial charge in [0.1, 0.15) is 17.2 Å². The van der Waals surface area contributed by atoms with Crippen molar-refractivity contribution in [1.29, 1.82) is 0 Å². The van der Waals surface area contributed by atoms with Gasteiger partial charge in [0.2, 0.25) is 0 Å². The zero-order valence-electron chi connectivity index (χ0n) is 13.9. The number of halogens is 2. The summed E-state index contributed by atoms with van der Waals surface area (Å²) in [5.74, 6) is -0.0578. The van der Waals surface area contributed by atoms with Gasteiger partial charge in [0.05, 0.1) is 0 Å². The second kappa shape index (κ2) is 6.48. The number of nitrogens with one attached hydrogen (secondary N) is 1. The summed E-state index contributed by atoms with van der Waals surface area (Å²) in [5, 5.41) is 3.53. The Kier molecular flexibility index (Phi) is 4.01. The van der Waals surface area contributed by atoms with Crippen LogP contribution in [0.1, 0.15) is 0 Å². The number of anilines is 1. The van der Waals surface area contributed by atoms with Gasteiger partial charge in [0.15, 0.2) is 11.6 Å². The quantitative estimate of drug-likeness (QED) is 0.584. The molecule has 0 saturated heterocycles. The Morgan fingerprint density at radius 3 is 2.50 bits per heavy atom. The molecule has 2 heterocycles. The van der Waals surface area contributed by atoms with E-state index in [-0.39, 0.29) is 11.1 Å². The molecule has 6 heteroatoms. The van der Waals surface area contributed by atoms with Crippen LogP contribution in [0.3, 0.4) is 0 Å². The average Bonchev–Trinajstić information content (AvgIpc) is 2.68. The maximum Gasteiger partial charge on any atom is 0.163 e. The minimum absolute atomic E-state index is 0.171. The number of benzene rings is 2. The second-order valence-corrected chi connectivity index (χ2v) is 5.72. The summed E-state index contributed by atoms with van der Waals surface area (Å²) in [7, 11) is 1.72. The molecule has 128 valence electrons. The van der Waals surface area contributed by atoms with E-state index < -0.39 is 11.6 Å². The first-order valence-electron chi connectivity index (χ1n) is 8.01. The summed E-state index contributed by atoms with van der Waals surface area (Å²) in [5.41, 5.74) is 1.60. The highest BCUT2D eigenvalue weighted by Crippen LogP contribution is 2.32. The van der Waals surface area contributed by atoms with Crippen LogP contribution in [0.2, 0.25) is 0 Å². The zero-order valence-corrected chi connectivity index (χ0v) is 13.9. The molecule has 0 amide bonds. The highest BCUT2D eigenvalue weighted by molar-refractivity contribution is 5.94. The SMILES string of the molecule is CNc1nc(-c2cccnc2)nc2c(F)c(-c3cccc(F)c3)ccc12. The van der Waals surface area contributed by atoms with E-state index in [4.69, 9.17) is 0 Å². The lowest BCUT2D eigenvalue weighted by atomic mass is 10.0. The largest absolute Gasteiger partial charge is 0.373 e. The number of pyridine rings is 1. The summed E-state index contributed by atoms with van der Waals surface area (Å²) < 4.78 is 28.8. The number of nitrogens with zero attached hydrogens (tertiary/aromatic N) is 3. The van der Waals surface area contributed by atoms with E-state index in [1.807, 2.05) is 6.07 Å². The van der Waals surface area contributed by atoms with Gasteiger partial charge in [-0.15, -0.1) is 0 Å². The summed E-state index contributed by atoms with van der Waals surface area (Å²) in [6, 6.07) is 12.8. The first-order valence-corrected chi connectivity index (χ1v) is 8.01. The zero-order chi connectivity index (χ0) is 18.1. The standard InChI is InChI=1S/C20H14F2N4/c1-23-20-16-8-7-15(12-4-2-6-14(21)10-12)17(22)18(16)25-19(26-20)13-5-3-9-24-11-13/h2-11H,1H3,(H,23,25,26). The third-order valence-corrected chi connectivity index (χ3v) is 4.10. The smallest absolute Gasteiger partial charge is 0.163 e. The Morgan fingerprint density at radius 1 is 0.923 bits per heavy atom. The summed E-state index contributed by atoms with van der Waals surface area (Å²) in [6.45, 7) is 0. The fourth-order valence-corrected chi connectivity index (χ4v) is 2.86. The van der Waals surface area contributed by atoms with Crippen LogP contribution in [0.15, 0.2) is 60.9 Å². The lowest BCUT2D eigenvalue weighted by Crippen LogP contribution is -2.01. The Balaban J connectivity index is 1.98. The first kappa shape index (κ1) is 16.1. The van der Waals surface area contributed by atoms with Crippen LogP contribution in [-0.4, -0.2) is 22.0 Å². The van der Waals surface area contributed by atoms with Crippen LogP contribution in [-0.2, 0) is 0 Å². The summed E-state index contributed by atoms with van der Waals surface area (Å²) in [4.78, 5) is 12.9. The molecule has 0 atom stereocenters. The van der Waals surface area contributed by atoms with E-state index in [2.05, 4.69) is 20.3 Å². The van der Waals surface area contributed by atoms with Gasteiger partial charge < -0.3 is 5.32 Å². The normalized spacial score (nSPS) is 10.9. The van der Waals surface area contributed by atoms with E-state index in [1.165, 1.54) is 12.1 Å². The summed E-state index contributed by atoms with van der Waals surface area (Å²) >= 11 is 0. The number of rotatable bonds is 3. The van der Waals surface area contributed by atoms with Gasteiger partial charge >= 0.3 is 0 Å². The molecule has 1 N–H and O–H groups in total. The molecular formula is C20H14F2N4. The molecular weight excluding hydrogens is 334 g/mol. The molecule has 4 rings (SSSR count). The molecule has 0 saturated carbocycles. The molecule has 0 radical (unpaired) electrons. The number of aromatic nitrogens is 3. The predicted octanol–water partition coefficient (Wildman–Crippen LogP) is 4.68. The van der Waals surface area contributed by atoms with Gasteiger partial charge in [-0.2, -0.15) is 0 Å². The lowest BCUT2D eigenvalue weighted by molar-refractivity contribution is 0.626. The maximum atomic E-state index is 15.2. The number of hydrogen-bond acceptors (Lipinski definition) is 4. The fraction of sp³-hybridized carbons (Fsp3) is 0.0500. The van der Waals surface area contributed by atoms with E-state index in [9.17, 15) is 4.39 Å². The number of hydrogen-bond donors (Lipinski definition) is 1. The Bertz CT molecular complexity index is 1100. The molecule has 2 aromatic heterocycles.